The summed E-state index contributed by atoms with van der Waals surface area (Å²) >= 11 is 0. The minimum Gasteiger partial charge on any atom is -0.444 e. The quantitative estimate of drug-likeness (QED) is 0.370. The van der Waals surface area contributed by atoms with Crippen LogP contribution in [-0.2, 0) is 4.74 Å². The molecule has 7 heteroatoms. The number of nitrogens with one attached hydrogen (secondary N) is 3. The number of alkyl carbamates (subject to hydrolysis) is 1. The third-order valence-corrected chi connectivity index (χ3v) is 4.30. The Morgan fingerprint density at radius 2 is 1.96 bits per heavy atom. The summed E-state index contributed by atoms with van der Waals surface area (Å²) in [6, 6.07) is 0.0521. The van der Waals surface area contributed by atoms with Crippen molar-refractivity contribution in [3.8, 4) is 0 Å². The lowest BCUT2D eigenvalue weighted by Crippen LogP contribution is -2.50. The highest BCUT2D eigenvalue weighted by Gasteiger charge is 2.34. The van der Waals surface area contributed by atoms with Crippen LogP contribution in [0.4, 0.5) is 4.79 Å². The number of hydrogen-bond acceptors (Lipinski definition) is 4. The summed E-state index contributed by atoms with van der Waals surface area (Å²) in [7, 11) is 0. The third kappa shape index (κ3) is 9.27. The monoisotopic (exact) mass is 370 g/mol. The lowest BCUT2D eigenvalue weighted by Gasteiger charge is -2.35. The van der Waals surface area contributed by atoms with Crippen LogP contribution in [0.3, 0.4) is 0 Å². The molecule has 1 fully saturated rings. The van der Waals surface area contributed by atoms with Gasteiger partial charge >= 0.3 is 6.09 Å². The summed E-state index contributed by atoms with van der Waals surface area (Å²) in [6.45, 7) is 11.3. The van der Waals surface area contributed by atoms with E-state index in [9.17, 15) is 9.90 Å². The topological polar surface area (TPSA) is 95.0 Å². The van der Waals surface area contributed by atoms with E-state index >= 15 is 0 Å². The molecule has 1 amide bonds. The van der Waals surface area contributed by atoms with Crippen LogP contribution >= 0.6 is 0 Å². The van der Waals surface area contributed by atoms with Gasteiger partial charge in [-0.15, -0.1) is 0 Å². The van der Waals surface area contributed by atoms with Crippen molar-refractivity contribution in [2.24, 2.45) is 4.99 Å². The molecule has 26 heavy (non-hydrogen) atoms. The number of hydrogen-bond donors (Lipinski definition) is 4. The first-order valence-electron chi connectivity index (χ1n) is 9.91. The molecule has 7 nitrogen and oxygen atoms in total. The van der Waals surface area contributed by atoms with Crippen LogP contribution in [0.5, 0.6) is 0 Å². The standard InChI is InChI=1S/C19H38N4O3/c1-6-8-10-15(13-21-17(24)26-18(3,4)5)23-16(20-7-2)22-14-19(25)11-9-12-19/h15,25H,6-14H2,1-5H3,(H,21,24)(H2,20,22,23). The van der Waals surface area contributed by atoms with Gasteiger partial charge in [-0.05, 0) is 53.4 Å². The zero-order valence-corrected chi connectivity index (χ0v) is 17.2. The molecule has 1 aliphatic carbocycles. The number of aliphatic hydroxyl groups is 1. The van der Waals surface area contributed by atoms with E-state index in [1.807, 2.05) is 27.7 Å². The van der Waals surface area contributed by atoms with E-state index in [4.69, 9.17) is 4.74 Å². The van der Waals surface area contributed by atoms with Crippen LogP contribution in [-0.4, -0.2) is 54.0 Å². The van der Waals surface area contributed by atoms with E-state index in [0.717, 1.165) is 45.1 Å². The van der Waals surface area contributed by atoms with Crippen LogP contribution in [0.15, 0.2) is 4.99 Å². The van der Waals surface area contributed by atoms with Crippen molar-refractivity contribution in [3.05, 3.63) is 0 Å². The highest BCUT2D eigenvalue weighted by Crippen LogP contribution is 2.31. The maximum absolute atomic E-state index is 11.9. The molecule has 4 N–H and O–H groups in total. The molecule has 0 aliphatic heterocycles. The first-order chi connectivity index (χ1) is 12.2. The number of ether oxygens (including phenoxy) is 1. The second kappa shape index (κ2) is 10.6. The minimum absolute atomic E-state index is 0.0521. The molecule has 0 radical (unpaired) electrons. The van der Waals surface area contributed by atoms with Gasteiger partial charge in [-0.25, -0.2) is 4.79 Å². The number of rotatable bonds is 9. The van der Waals surface area contributed by atoms with Crippen molar-refractivity contribution in [2.45, 2.75) is 90.4 Å². The van der Waals surface area contributed by atoms with Crippen LogP contribution in [0, 0.1) is 0 Å². The first kappa shape index (κ1) is 22.5. The number of unbranched alkanes of at least 4 members (excludes halogenated alkanes) is 1. The second-order valence-electron chi connectivity index (χ2n) is 8.14. The van der Waals surface area contributed by atoms with Gasteiger partial charge in [0.1, 0.15) is 5.60 Å². The Morgan fingerprint density at radius 1 is 1.27 bits per heavy atom. The fourth-order valence-electron chi connectivity index (χ4n) is 2.68. The summed E-state index contributed by atoms with van der Waals surface area (Å²) in [5.74, 6) is 0.680. The van der Waals surface area contributed by atoms with E-state index in [-0.39, 0.29) is 6.04 Å². The normalized spacial score (nSPS) is 17.8. The molecule has 1 saturated carbocycles. The van der Waals surface area contributed by atoms with Crippen LogP contribution in [0.2, 0.25) is 0 Å². The van der Waals surface area contributed by atoms with E-state index in [1.54, 1.807) is 0 Å². The smallest absolute Gasteiger partial charge is 0.407 e. The molecule has 0 aromatic rings. The summed E-state index contributed by atoms with van der Waals surface area (Å²) < 4.78 is 5.30. The van der Waals surface area contributed by atoms with Crippen LogP contribution in [0.25, 0.3) is 0 Å². The van der Waals surface area contributed by atoms with Crippen molar-refractivity contribution in [3.63, 3.8) is 0 Å². The Labute approximate surface area is 158 Å². The largest absolute Gasteiger partial charge is 0.444 e. The van der Waals surface area contributed by atoms with Crippen molar-refractivity contribution in [2.75, 3.05) is 19.6 Å². The molecule has 0 spiro atoms. The molecule has 0 aromatic heterocycles. The Bertz CT molecular complexity index is 456. The van der Waals surface area contributed by atoms with Gasteiger partial charge in [0.2, 0.25) is 0 Å². The minimum atomic E-state index is -0.643. The van der Waals surface area contributed by atoms with Gasteiger partial charge in [-0.3, -0.25) is 4.99 Å². The molecule has 1 rings (SSSR count). The zero-order chi connectivity index (χ0) is 19.6. The number of guanidine groups is 1. The number of nitrogens with zero attached hydrogens (tertiary/aromatic N) is 1. The molecule has 0 aromatic carbocycles. The summed E-state index contributed by atoms with van der Waals surface area (Å²) in [4.78, 5) is 16.5. The predicted molar refractivity (Wildman–Crippen MR) is 105 cm³/mol. The molecule has 0 heterocycles. The Morgan fingerprint density at radius 3 is 2.46 bits per heavy atom. The van der Waals surface area contributed by atoms with Crippen LogP contribution < -0.4 is 16.0 Å². The van der Waals surface area contributed by atoms with E-state index < -0.39 is 17.3 Å². The maximum atomic E-state index is 11.9. The fourth-order valence-corrected chi connectivity index (χ4v) is 2.68. The van der Waals surface area contributed by atoms with Crippen molar-refractivity contribution < 1.29 is 14.6 Å². The fraction of sp³-hybridized carbons (Fsp3) is 0.895. The summed E-state index contributed by atoms with van der Waals surface area (Å²) in [5, 5.41) is 19.7. The lowest BCUT2D eigenvalue weighted by molar-refractivity contribution is -0.0236. The number of amides is 1. The Hall–Kier alpha value is -1.50. The summed E-state index contributed by atoms with van der Waals surface area (Å²) in [5.41, 5.74) is -1.15. The van der Waals surface area contributed by atoms with Gasteiger partial charge in [0.25, 0.3) is 0 Å². The maximum Gasteiger partial charge on any atom is 0.407 e. The van der Waals surface area contributed by atoms with Gasteiger partial charge in [0.15, 0.2) is 5.96 Å². The molecule has 0 saturated heterocycles. The Kier molecular flexibility index (Phi) is 9.19. The van der Waals surface area contributed by atoms with Crippen molar-refractivity contribution in [1.29, 1.82) is 0 Å². The van der Waals surface area contributed by atoms with E-state index in [1.165, 1.54) is 0 Å². The molecule has 0 bridgehead atoms. The Balaban J connectivity index is 2.60. The van der Waals surface area contributed by atoms with Crippen molar-refractivity contribution in [1.82, 2.24) is 16.0 Å². The van der Waals surface area contributed by atoms with Gasteiger partial charge < -0.3 is 25.8 Å². The predicted octanol–water partition coefficient (Wildman–Crippen LogP) is 2.54. The van der Waals surface area contributed by atoms with E-state index in [2.05, 4.69) is 27.9 Å². The molecule has 1 aliphatic rings. The number of aliphatic imine (C=N–C) groups is 1. The average molecular weight is 371 g/mol. The number of carbonyl (C=O) groups is 1. The first-order valence-corrected chi connectivity index (χ1v) is 9.91. The van der Waals surface area contributed by atoms with Crippen LogP contribution in [0.1, 0.15) is 73.1 Å². The van der Waals surface area contributed by atoms with Gasteiger partial charge in [-0.1, -0.05) is 19.8 Å². The third-order valence-electron chi connectivity index (χ3n) is 4.30. The molecular formula is C19H38N4O3. The highest BCUT2D eigenvalue weighted by molar-refractivity contribution is 5.80. The SMILES string of the molecule is CCCCC(CNC(=O)OC(C)(C)C)NC(=NCC1(O)CCC1)NCC. The molecule has 1 unspecified atom stereocenters. The zero-order valence-electron chi connectivity index (χ0n) is 17.2. The molecule has 152 valence electrons. The highest BCUT2D eigenvalue weighted by atomic mass is 16.6. The molecule has 1 atom stereocenters. The van der Waals surface area contributed by atoms with Crippen molar-refractivity contribution >= 4 is 12.1 Å². The van der Waals surface area contributed by atoms with Gasteiger partial charge in [-0.2, -0.15) is 0 Å². The summed E-state index contributed by atoms with van der Waals surface area (Å²) in [6.07, 6.45) is 5.34. The average Bonchev–Trinajstić information content (AvgIpc) is 2.51. The van der Waals surface area contributed by atoms with Gasteiger partial charge in [0, 0.05) is 19.1 Å². The lowest BCUT2D eigenvalue weighted by atomic mass is 9.80. The second-order valence-corrected chi connectivity index (χ2v) is 8.14. The van der Waals surface area contributed by atoms with E-state index in [0.29, 0.717) is 19.0 Å². The number of carbonyl (C=O) groups excluding carboxylic acids is 1. The molecular weight excluding hydrogens is 332 g/mol. The van der Waals surface area contributed by atoms with Gasteiger partial charge in [0.05, 0.1) is 12.1 Å².